The highest BCUT2D eigenvalue weighted by Crippen LogP contribution is 2.33. The highest BCUT2D eigenvalue weighted by molar-refractivity contribution is 5.80. The number of rotatable bonds is 1. The Balaban J connectivity index is 2.48. The number of aryl methyl sites for hydroxylation is 3. The number of hydrogen-bond acceptors (Lipinski definition) is 2. The molecule has 1 aromatic rings. The molecule has 0 radical (unpaired) electrons. The molecular formula is C13H17NO2. The third-order valence-corrected chi connectivity index (χ3v) is 3.32. The molecule has 0 bridgehead atoms. The second-order valence-electron chi connectivity index (χ2n) is 4.59. The molecule has 2 rings (SSSR count). The van der Waals surface area contributed by atoms with Crippen LogP contribution in [0.3, 0.4) is 0 Å². The summed E-state index contributed by atoms with van der Waals surface area (Å²) in [5, 5.41) is 9.14. The molecule has 0 fully saturated rings. The molecule has 3 heteroatoms. The van der Waals surface area contributed by atoms with Crippen LogP contribution < -0.4 is 4.90 Å². The van der Waals surface area contributed by atoms with E-state index in [1.165, 1.54) is 16.7 Å². The maximum Gasteiger partial charge on any atom is 0.326 e. The van der Waals surface area contributed by atoms with Crippen LogP contribution in [0.25, 0.3) is 0 Å². The van der Waals surface area contributed by atoms with E-state index in [1.54, 1.807) is 0 Å². The van der Waals surface area contributed by atoms with Gasteiger partial charge in [0.15, 0.2) is 0 Å². The second kappa shape index (κ2) is 3.81. The molecule has 1 aromatic carbocycles. The Labute approximate surface area is 95.7 Å². The Hall–Kier alpha value is -1.51. The standard InChI is InChI=1S/C13H17NO2/c1-8-6-9(2)12-10(7-8)4-5-11(13(15)16)14(12)3/h6-7,11H,4-5H2,1-3H3,(H,15,16). The van der Waals surface area contributed by atoms with Gasteiger partial charge in [-0.3, -0.25) is 0 Å². The molecule has 1 N–H and O–H groups in total. The number of benzene rings is 1. The summed E-state index contributed by atoms with van der Waals surface area (Å²) in [5.41, 5.74) is 4.80. The Kier molecular flexibility index (Phi) is 2.62. The topological polar surface area (TPSA) is 40.5 Å². The molecule has 0 saturated carbocycles. The highest BCUT2D eigenvalue weighted by Gasteiger charge is 2.29. The van der Waals surface area contributed by atoms with Crippen molar-refractivity contribution in [2.24, 2.45) is 0 Å². The first kappa shape index (κ1) is 11.0. The molecule has 1 aliphatic heterocycles. The van der Waals surface area contributed by atoms with Gasteiger partial charge in [0.25, 0.3) is 0 Å². The van der Waals surface area contributed by atoms with Crippen LogP contribution in [0.2, 0.25) is 0 Å². The molecule has 1 atom stereocenters. The van der Waals surface area contributed by atoms with E-state index in [-0.39, 0.29) is 6.04 Å². The van der Waals surface area contributed by atoms with Gasteiger partial charge in [-0.15, -0.1) is 0 Å². The fourth-order valence-corrected chi connectivity index (χ4v) is 2.67. The number of nitrogens with zero attached hydrogens (tertiary/aromatic N) is 1. The van der Waals surface area contributed by atoms with E-state index >= 15 is 0 Å². The molecule has 3 nitrogen and oxygen atoms in total. The minimum atomic E-state index is -0.729. The molecule has 16 heavy (non-hydrogen) atoms. The lowest BCUT2D eigenvalue weighted by Crippen LogP contribution is -2.42. The van der Waals surface area contributed by atoms with Gasteiger partial charge < -0.3 is 10.0 Å². The van der Waals surface area contributed by atoms with Crippen molar-refractivity contribution in [2.75, 3.05) is 11.9 Å². The molecule has 1 unspecified atom stereocenters. The number of carboxylic acid groups (broad SMARTS) is 1. The van der Waals surface area contributed by atoms with Gasteiger partial charge >= 0.3 is 5.97 Å². The summed E-state index contributed by atoms with van der Waals surface area (Å²) in [7, 11) is 1.87. The molecule has 0 amide bonds. The number of fused-ring (bicyclic) bond motifs is 1. The molecule has 0 aromatic heterocycles. The van der Waals surface area contributed by atoms with Gasteiger partial charge in [-0.05, 0) is 37.8 Å². The maximum absolute atomic E-state index is 11.1. The summed E-state index contributed by atoms with van der Waals surface area (Å²) in [6, 6.07) is 3.89. The summed E-state index contributed by atoms with van der Waals surface area (Å²) < 4.78 is 0. The summed E-state index contributed by atoms with van der Waals surface area (Å²) in [4.78, 5) is 13.0. The number of carboxylic acids is 1. The first-order chi connectivity index (χ1) is 7.50. The number of likely N-dealkylation sites (N-methyl/N-ethyl adjacent to an activating group) is 1. The predicted molar refractivity (Wildman–Crippen MR) is 64.1 cm³/mol. The van der Waals surface area contributed by atoms with Crippen LogP contribution in [-0.2, 0) is 11.2 Å². The van der Waals surface area contributed by atoms with Crippen molar-refractivity contribution in [2.45, 2.75) is 32.7 Å². The third-order valence-electron chi connectivity index (χ3n) is 3.32. The minimum Gasteiger partial charge on any atom is -0.480 e. The normalized spacial score (nSPS) is 19.4. The summed E-state index contributed by atoms with van der Waals surface area (Å²) in [6.07, 6.45) is 1.56. The molecular weight excluding hydrogens is 202 g/mol. The van der Waals surface area contributed by atoms with Crippen molar-refractivity contribution in [3.05, 3.63) is 28.8 Å². The second-order valence-corrected chi connectivity index (χ2v) is 4.59. The predicted octanol–water partition coefficient (Wildman–Crippen LogP) is 2.14. The van der Waals surface area contributed by atoms with Crippen molar-refractivity contribution in [1.82, 2.24) is 0 Å². The van der Waals surface area contributed by atoms with Gasteiger partial charge in [-0.25, -0.2) is 4.79 Å². The van der Waals surface area contributed by atoms with Gasteiger partial charge in [0, 0.05) is 12.7 Å². The van der Waals surface area contributed by atoms with Gasteiger partial charge in [0.1, 0.15) is 6.04 Å². The molecule has 0 saturated heterocycles. The van der Waals surface area contributed by atoms with Crippen LogP contribution in [0.5, 0.6) is 0 Å². The van der Waals surface area contributed by atoms with Crippen LogP contribution in [-0.4, -0.2) is 24.2 Å². The Morgan fingerprint density at radius 3 is 2.75 bits per heavy atom. The molecule has 0 spiro atoms. The zero-order valence-electron chi connectivity index (χ0n) is 9.95. The van der Waals surface area contributed by atoms with Crippen LogP contribution in [0.15, 0.2) is 12.1 Å². The van der Waals surface area contributed by atoms with Crippen molar-refractivity contribution in [1.29, 1.82) is 0 Å². The van der Waals surface area contributed by atoms with E-state index in [1.807, 2.05) is 18.9 Å². The van der Waals surface area contributed by atoms with Crippen LogP contribution in [0, 0.1) is 13.8 Å². The van der Waals surface area contributed by atoms with Crippen molar-refractivity contribution in [3.63, 3.8) is 0 Å². The molecule has 0 aliphatic carbocycles. The number of hydrogen-bond donors (Lipinski definition) is 1. The number of anilines is 1. The lowest BCUT2D eigenvalue weighted by atomic mass is 9.92. The fourth-order valence-electron chi connectivity index (χ4n) is 2.67. The van der Waals surface area contributed by atoms with Gasteiger partial charge in [-0.1, -0.05) is 17.7 Å². The van der Waals surface area contributed by atoms with E-state index in [0.717, 1.165) is 12.1 Å². The maximum atomic E-state index is 11.1. The zero-order chi connectivity index (χ0) is 11.9. The summed E-state index contributed by atoms with van der Waals surface area (Å²) >= 11 is 0. The average molecular weight is 219 g/mol. The van der Waals surface area contributed by atoms with E-state index in [0.29, 0.717) is 6.42 Å². The number of aliphatic carboxylic acids is 1. The molecule has 1 aliphatic rings. The molecule has 86 valence electrons. The SMILES string of the molecule is Cc1cc(C)c2c(c1)CCC(C(=O)O)N2C. The summed E-state index contributed by atoms with van der Waals surface area (Å²) in [5.74, 6) is -0.729. The van der Waals surface area contributed by atoms with Crippen LogP contribution in [0.4, 0.5) is 5.69 Å². The first-order valence-electron chi connectivity index (χ1n) is 5.56. The van der Waals surface area contributed by atoms with Crippen molar-refractivity contribution in [3.8, 4) is 0 Å². The smallest absolute Gasteiger partial charge is 0.326 e. The zero-order valence-corrected chi connectivity index (χ0v) is 9.95. The van der Waals surface area contributed by atoms with Crippen molar-refractivity contribution < 1.29 is 9.90 Å². The van der Waals surface area contributed by atoms with Crippen molar-refractivity contribution >= 4 is 11.7 Å². The van der Waals surface area contributed by atoms with Gasteiger partial charge in [0.2, 0.25) is 0 Å². The van der Waals surface area contributed by atoms with E-state index in [4.69, 9.17) is 5.11 Å². The lowest BCUT2D eigenvalue weighted by molar-refractivity contribution is -0.138. The first-order valence-corrected chi connectivity index (χ1v) is 5.56. The third kappa shape index (κ3) is 1.66. The quantitative estimate of drug-likeness (QED) is 0.786. The van der Waals surface area contributed by atoms with Crippen LogP contribution >= 0.6 is 0 Å². The minimum absolute atomic E-state index is 0.381. The average Bonchev–Trinajstić information content (AvgIpc) is 2.15. The number of carbonyl (C=O) groups is 1. The lowest BCUT2D eigenvalue weighted by Gasteiger charge is -2.35. The Morgan fingerprint density at radius 1 is 1.44 bits per heavy atom. The fraction of sp³-hybridized carbons (Fsp3) is 0.462. The van der Waals surface area contributed by atoms with Gasteiger partial charge in [0.05, 0.1) is 0 Å². The molecule has 1 heterocycles. The van der Waals surface area contributed by atoms with E-state index < -0.39 is 5.97 Å². The summed E-state index contributed by atoms with van der Waals surface area (Å²) in [6.45, 7) is 4.13. The Bertz CT molecular complexity index is 440. The monoisotopic (exact) mass is 219 g/mol. The van der Waals surface area contributed by atoms with E-state index in [9.17, 15) is 4.79 Å². The largest absolute Gasteiger partial charge is 0.480 e. The van der Waals surface area contributed by atoms with Crippen LogP contribution in [0.1, 0.15) is 23.1 Å². The van der Waals surface area contributed by atoms with E-state index in [2.05, 4.69) is 19.1 Å². The van der Waals surface area contributed by atoms with Gasteiger partial charge in [-0.2, -0.15) is 0 Å². The Morgan fingerprint density at radius 2 is 2.12 bits per heavy atom. The highest BCUT2D eigenvalue weighted by atomic mass is 16.4.